The van der Waals surface area contributed by atoms with Crippen molar-refractivity contribution in [2.75, 3.05) is 65.9 Å². The quantitative estimate of drug-likeness (QED) is 0.302. The predicted octanol–water partition coefficient (Wildman–Crippen LogP) is -0.124. The first-order valence-electron chi connectivity index (χ1n) is 8.52. The van der Waals surface area contributed by atoms with E-state index < -0.39 is 10.0 Å². The molecule has 0 bridgehead atoms. The fourth-order valence-electron chi connectivity index (χ4n) is 2.50. The molecular formula is C15H32N4O4S. The number of sulfonamides is 1. The smallest absolute Gasteiger partial charge is 0.211 e. The highest BCUT2D eigenvalue weighted by molar-refractivity contribution is 7.89. The third-order valence-electron chi connectivity index (χ3n) is 3.92. The third-order valence-corrected chi connectivity index (χ3v) is 5.33. The number of hydrogen-bond donors (Lipinski definition) is 2. The van der Waals surface area contributed by atoms with Gasteiger partial charge >= 0.3 is 0 Å². The van der Waals surface area contributed by atoms with Gasteiger partial charge in [-0.1, -0.05) is 0 Å². The van der Waals surface area contributed by atoms with Gasteiger partial charge in [0, 0.05) is 46.3 Å². The maximum atomic E-state index is 11.3. The Labute approximate surface area is 146 Å². The summed E-state index contributed by atoms with van der Waals surface area (Å²) in [6, 6.07) is 0. The van der Waals surface area contributed by atoms with Crippen molar-refractivity contribution < 1.29 is 17.9 Å². The first-order chi connectivity index (χ1) is 11.5. The maximum Gasteiger partial charge on any atom is 0.211 e. The number of ether oxygens (including phenoxy) is 2. The van der Waals surface area contributed by atoms with E-state index in [2.05, 4.69) is 19.9 Å². The van der Waals surface area contributed by atoms with Crippen LogP contribution in [0.5, 0.6) is 0 Å². The Bertz CT molecular complexity index is 470. The Morgan fingerprint density at radius 3 is 2.79 bits per heavy atom. The number of aliphatic imine (C=N–C) groups is 1. The van der Waals surface area contributed by atoms with Gasteiger partial charge in [0.1, 0.15) is 0 Å². The molecule has 1 heterocycles. The van der Waals surface area contributed by atoms with E-state index in [0.29, 0.717) is 32.2 Å². The number of guanidine groups is 1. The summed E-state index contributed by atoms with van der Waals surface area (Å²) in [6.07, 6.45) is 1.81. The summed E-state index contributed by atoms with van der Waals surface area (Å²) in [5.41, 5.74) is 0. The van der Waals surface area contributed by atoms with Crippen molar-refractivity contribution in [2.24, 2.45) is 10.9 Å². The minimum Gasteiger partial charge on any atom is -0.382 e. The molecule has 1 aliphatic rings. The Kier molecular flexibility index (Phi) is 10.2. The van der Waals surface area contributed by atoms with E-state index in [9.17, 15) is 8.42 Å². The van der Waals surface area contributed by atoms with Gasteiger partial charge in [-0.15, -0.1) is 0 Å². The molecule has 0 aromatic carbocycles. The average Bonchev–Trinajstić information content (AvgIpc) is 3.03. The Balaban J connectivity index is 2.20. The average molecular weight is 365 g/mol. The standard InChI is InChI=1S/C15H32N4O4S/c1-4-24(20,21)18-8-5-7-17-15(16-2)19-9-6-14(12-19)13-23-11-10-22-3/h14,18H,4-13H2,1-3H3,(H,16,17). The fraction of sp³-hybridized carbons (Fsp3) is 0.933. The van der Waals surface area contributed by atoms with E-state index in [0.717, 1.165) is 38.5 Å². The molecule has 24 heavy (non-hydrogen) atoms. The minimum atomic E-state index is -3.10. The van der Waals surface area contributed by atoms with Crippen LogP contribution in [-0.4, -0.2) is 85.2 Å². The normalized spacial score (nSPS) is 19.0. The van der Waals surface area contributed by atoms with E-state index in [1.807, 2.05) is 0 Å². The summed E-state index contributed by atoms with van der Waals surface area (Å²) in [5, 5.41) is 3.29. The molecular weight excluding hydrogens is 332 g/mol. The third kappa shape index (κ3) is 8.27. The second-order valence-corrected chi connectivity index (χ2v) is 7.89. The lowest BCUT2D eigenvalue weighted by molar-refractivity contribution is 0.0536. The van der Waals surface area contributed by atoms with Crippen molar-refractivity contribution in [1.82, 2.24) is 14.9 Å². The lowest BCUT2D eigenvalue weighted by atomic mass is 10.1. The Morgan fingerprint density at radius 1 is 1.33 bits per heavy atom. The zero-order valence-corrected chi connectivity index (χ0v) is 15.9. The van der Waals surface area contributed by atoms with Crippen LogP contribution in [0.1, 0.15) is 19.8 Å². The second-order valence-electron chi connectivity index (χ2n) is 5.79. The molecule has 9 heteroatoms. The van der Waals surface area contributed by atoms with Gasteiger partial charge in [-0.25, -0.2) is 13.1 Å². The van der Waals surface area contributed by atoms with Crippen LogP contribution in [0.15, 0.2) is 4.99 Å². The summed E-state index contributed by atoms with van der Waals surface area (Å²) in [6.45, 7) is 6.64. The van der Waals surface area contributed by atoms with Gasteiger partial charge in [-0.2, -0.15) is 0 Å². The van der Waals surface area contributed by atoms with Gasteiger partial charge in [0.05, 0.1) is 25.6 Å². The number of nitrogens with zero attached hydrogens (tertiary/aromatic N) is 2. The largest absolute Gasteiger partial charge is 0.382 e. The molecule has 0 radical (unpaired) electrons. The van der Waals surface area contributed by atoms with E-state index in [4.69, 9.17) is 9.47 Å². The summed E-state index contributed by atoms with van der Waals surface area (Å²) in [7, 11) is 0.335. The molecule has 0 saturated carbocycles. The zero-order chi connectivity index (χ0) is 17.8. The van der Waals surface area contributed by atoms with Gasteiger partial charge in [-0.05, 0) is 19.8 Å². The first kappa shape index (κ1) is 21.1. The molecule has 1 rings (SSSR count). The van der Waals surface area contributed by atoms with Gasteiger partial charge in [0.2, 0.25) is 10.0 Å². The molecule has 1 atom stereocenters. The molecule has 0 aromatic rings. The number of rotatable bonds is 11. The SMILES string of the molecule is CCS(=O)(=O)NCCCNC(=NC)N1CCC(COCCOC)C1. The molecule has 142 valence electrons. The molecule has 0 amide bonds. The van der Waals surface area contributed by atoms with Crippen LogP contribution in [0.4, 0.5) is 0 Å². The minimum absolute atomic E-state index is 0.115. The molecule has 1 saturated heterocycles. The van der Waals surface area contributed by atoms with Crippen molar-refractivity contribution in [3.05, 3.63) is 0 Å². The van der Waals surface area contributed by atoms with Crippen LogP contribution in [0.3, 0.4) is 0 Å². The van der Waals surface area contributed by atoms with Crippen molar-refractivity contribution in [3.63, 3.8) is 0 Å². The van der Waals surface area contributed by atoms with Crippen molar-refractivity contribution in [2.45, 2.75) is 19.8 Å². The van der Waals surface area contributed by atoms with Gasteiger partial charge < -0.3 is 19.7 Å². The molecule has 1 aliphatic heterocycles. The Morgan fingerprint density at radius 2 is 2.12 bits per heavy atom. The lowest BCUT2D eigenvalue weighted by Gasteiger charge is -2.21. The van der Waals surface area contributed by atoms with E-state index in [1.54, 1.807) is 21.1 Å². The highest BCUT2D eigenvalue weighted by Gasteiger charge is 2.24. The fourth-order valence-corrected chi connectivity index (χ4v) is 3.16. The Hall–Kier alpha value is -0.900. The second kappa shape index (κ2) is 11.6. The zero-order valence-electron chi connectivity index (χ0n) is 15.1. The molecule has 1 unspecified atom stereocenters. The van der Waals surface area contributed by atoms with E-state index >= 15 is 0 Å². The summed E-state index contributed by atoms with van der Waals surface area (Å²) < 4.78 is 35.8. The van der Waals surface area contributed by atoms with Gasteiger partial charge in [0.15, 0.2) is 5.96 Å². The van der Waals surface area contributed by atoms with Crippen molar-refractivity contribution in [3.8, 4) is 0 Å². The first-order valence-corrected chi connectivity index (χ1v) is 10.2. The maximum absolute atomic E-state index is 11.3. The van der Waals surface area contributed by atoms with E-state index in [-0.39, 0.29) is 5.75 Å². The van der Waals surface area contributed by atoms with Crippen LogP contribution in [-0.2, 0) is 19.5 Å². The van der Waals surface area contributed by atoms with E-state index in [1.165, 1.54) is 0 Å². The highest BCUT2D eigenvalue weighted by Crippen LogP contribution is 2.16. The highest BCUT2D eigenvalue weighted by atomic mass is 32.2. The predicted molar refractivity (Wildman–Crippen MR) is 95.8 cm³/mol. The van der Waals surface area contributed by atoms with Crippen LogP contribution in [0, 0.1) is 5.92 Å². The van der Waals surface area contributed by atoms with Gasteiger partial charge in [0.25, 0.3) is 0 Å². The monoisotopic (exact) mass is 364 g/mol. The van der Waals surface area contributed by atoms with Gasteiger partial charge in [-0.3, -0.25) is 4.99 Å². The van der Waals surface area contributed by atoms with Crippen LogP contribution < -0.4 is 10.0 Å². The molecule has 2 N–H and O–H groups in total. The topological polar surface area (TPSA) is 92.3 Å². The summed E-state index contributed by atoms with van der Waals surface area (Å²) >= 11 is 0. The van der Waals surface area contributed by atoms with Crippen LogP contribution >= 0.6 is 0 Å². The summed E-state index contributed by atoms with van der Waals surface area (Å²) in [5.74, 6) is 1.49. The van der Waals surface area contributed by atoms with Crippen molar-refractivity contribution in [1.29, 1.82) is 0 Å². The van der Waals surface area contributed by atoms with Crippen LogP contribution in [0.2, 0.25) is 0 Å². The number of likely N-dealkylation sites (tertiary alicyclic amines) is 1. The van der Waals surface area contributed by atoms with Crippen molar-refractivity contribution >= 4 is 16.0 Å². The lowest BCUT2D eigenvalue weighted by Crippen LogP contribution is -2.41. The molecule has 0 aromatic heterocycles. The number of nitrogens with one attached hydrogen (secondary N) is 2. The molecule has 0 aliphatic carbocycles. The summed E-state index contributed by atoms with van der Waals surface area (Å²) in [4.78, 5) is 6.53. The number of hydrogen-bond acceptors (Lipinski definition) is 5. The molecule has 1 fully saturated rings. The molecule has 8 nitrogen and oxygen atoms in total. The van der Waals surface area contributed by atoms with Crippen LogP contribution in [0.25, 0.3) is 0 Å². The number of methoxy groups -OCH3 is 1. The molecule has 0 spiro atoms.